The average molecular weight is 163 g/mol. The predicted octanol–water partition coefficient (Wildman–Crippen LogP) is -2.42. The minimum atomic E-state index is -0.139. The largest absolute Gasteiger partial charge is 1.00 e. The van der Waals surface area contributed by atoms with Gasteiger partial charge in [0.05, 0.1) is 6.61 Å². The molecule has 4 heteroatoms. The Morgan fingerprint density at radius 2 is 2.09 bits per heavy atom. The molecule has 0 fully saturated rings. The third-order valence-electron chi connectivity index (χ3n) is 1.30. The number of phenolic OH excluding ortho intramolecular Hbond substituents is 1. The molecular weight excluding hydrogens is 153 g/mol. The van der Waals surface area contributed by atoms with E-state index >= 15 is 0 Å². The number of hydrogen-bond acceptors (Lipinski definition) is 3. The van der Waals surface area contributed by atoms with Crippen molar-refractivity contribution in [2.45, 2.75) is 6.61 Å². The molecule has 11 heavy (non-hydrogen) atoms. The third-order valence-corrected chi connectivity index (χ3v) is 1.30. The molecule has 0 heterocycles. The van der Waals surface area contributed by atoms with Gasteiger partial charge < -0.3 is 17.4 Å². The van der Waals surface area contributed by atoms with E-state index in [0.717, 1.165) is 0 Å². The number of anilines is 1. The summed E-state index contributed by atoms with van der Waals surface area (Å²) in [5.41, 5.74) is 6.48. The molecule has 0 radical (unpaired) electrons. The molecule has 0 unspecified atom stereocenters. The zero-order valence-electron chi connectivity index (χ0n) is 7.41. The van der Waals surface area contributed by atoms with E-state index in [4.69, 9.17) is 15.9 Å². The van der Waals surface area contributed by atoms with Gasteiger partial charge in [0.15, 0.2) is 0 Å². The van der Waals surface area contributed by atoms with Crippen molar-refractivity contribution in [3.8, 4) is 5.75 Å². The molecule has 4 N–H and O–H groups in total. The Labute approximate surface area is 88.6 Å². The quantitative estimate of drug-likeness (QED) is 0.245. The van der Waals surface area contributed by atoms with Crippen molar-refractivity contribution < 1.29 is 41.2 Å². The van der Waals surface area contributed by atoms with Crippen molar-refractivity contribution in [1.82, 2.24) is 0 Å². The first kappa shape index (κ1) is 10.8. The zero-order valence-corrected chi connectivity index (χ0v) is 8.41. The van der Waals surface area contributed by atoms with Gasteiger partial charge in [0.2, 0.25) is 0 Å². The first-order chi connectivity index (χ1) is 4.74. The van der Waals surface area contributed by atoms with Crippen LogP contribution in [0.4, 0.5) is 5.69 Å². The minimum Gasteiger partial charge on any atom is -1.00 e. The van der Waals surface area contributed by atoms with Crippen LogP contribution in [0.1, 0.15) is 6.99 Å². The number of nitrogens with two attached hydrogens (primary N) is 1. The molecule has 0 saturated carbocycles. The Bertz CT molecular complexity index is 245. The van der Waals surface area contributed by atoms with Gasteiger partial charge in [-0.2, -0.15) is 0 Å². The summed E-state index contributed by atoms with van der Waals surface area (Å²) in [6, 6.07) is 4.48. The van der Waals surface area contributed by atoms with Crippen LogP contribution in [0.15, 0.2) is 18.2 Å². The van der Waals surface area contributed by atoms with Crippen LogP contribution >= 0.6 is 0 Å². The topological polar surface area (TPSA) is 66.5 Å². The summed E-state index contributed by atoms with van der Waals surface area (Å²) in [6.45, 7) is -0.139. The van der Waals surface area contributed by atoms with Crippen LogP contribution in [0.2, 0.25) is 0 Å². The molecule has 1 aromatic carbocycles. The number of aliphatic hydroxyl groups is 1. The van der Waals surface area contributed by atoms with E-state index in [-0.39, 0.29) is 43.3 Å². The van der Waals surface area contributed by atoms with Crippen molar-refractivity contribution in [2.75, 3.05) is 5.73 Å². The van der Waals surface area contributed by atoms with Gasteiger partial charge in [0, 0.05) is 11.3 Å². The van der Waals surface area contributed by atoms with Crippen LogP contribution in [0.25, 0.3) is 0 Å². The maximum absolute atomic E-state index is 8.90. The van der Waals surface area contributed by atoms with Crippen LogP contribution in [-0.4, -0.2) is 10.2 Å². The van der Waals surface area contributed by atoms with Crippen molar-refractivity contribution in [3.63, 3.8) is 0 Å². The van der Waals surface area contributed by atoms with Gasteiger partial charge in [-0.25, -0.2) is 0 Å². The Kier molecular flexibility index (Phi) is 4.52. The molecule has 0 saturated heterocycles. The number of rotatable bonds is 1. The van der Waals surface area contributed by atoms with E-state index in [1.807, 2.05) is 0 Å². The van der Waals surface area contributed by atoms with Gasteiger partial charge in [-0.15, -0.1) is 0 Å². The second kappa shape index (κ2) is 4.62. The van der Waals surface area contributed by atoms with Crippen LogP contribution in [0.3, 0.4) is 0 Å². The van der Waals surface area contributed by atoms with Crippen molar-refractivity contribution in [3.05, 3.63) is 23.8 Å². The van der Waals surface area contributed by atoms with E-state index < -0.39 is 0 Å². The Balaban J connectivity index is 0. The van der Waals surface area contributed by atoms with Gasteiger partial charge in [-0.1, -0.05) is 0 Å². The molecule has 0 amide bonds. The van der Waals surface area contributed by atoms with Crippen molar-refractivity contribution in [1.29, 1.82) is 0 Å². The number of phenols is 1. The molecule has 3 nitrogen and oxygen atoms in total. The fraction of sp³-hybridized carbons (Fsp3) is 0.143. The monoisotopic (exact) mass is 163 g/mol. The van der Waals surface area contributed by atoms with Gasteiger partial charge >= 0.3 is 29.6 Å². The second-order valence-corrected chi connectivity index (χ2v) is 2.04. The summed E-state index contributed by atoms with van der Waals surface area (Å²) in [4.78, 5) is 0. The van der Waals surface area contributed by atoms with Crippen molar-refractivity contribution >= 4 is 5.69 Å². The molecule has 0 aliphatic rings. The van der Waals surface area contributed by atoms with E-state index in [0.29, 0.717) is 11.3 Å². The van der Waals surface area contributed by atoms with E-state index in [2.05, 4.69) is 0 Å². The van der Waals surface area contributed by atoms with Crippen LogP contribution in [-0.2, 0) is 6.61 Å². The number of aromatic hydroxyl groups is 1. The van der Waals surface area contributed by atoms with Crippen LogP contribution < -0.4 is 35.3 Å². The molecule has 0 spiro atoms. The molecule has 0 atom stereocenters. The van der Waals surface area contributed by atoms with Crippen molar-refractivity contribution in [2.24, 2.45) is 0 Å². The van der Waals surface area contributed by atoms with Crippen LogP contribution in [0, 0.1) is 0 Å². The zero-order chi connectivity index (χ0) is 7.56. The smallest absolute Gasteiger partial charge is 1.00 e. The Morgan fingerprint density at radius 1 is 1.45 bits per heavy atom. The van der Waals surface area contributed by atoms with Gasteiger partial charge in [-0.05, 0) is 18.2 Å². The maximum Gasteiger partial charge on any atom is 1.00 e. The number of benzene rings is 1. The molecule has 0 aliphatic heterocycles. The Morgan fingerprint density at radius 3 is 2.55 bits per heavy atom. The molecular formula is C7H10NNaO2. The fourth-order valence-corrected chi connectivity index (χ4v) is 0.729. The summed E-state index contributed by atoms with van der Waals surface area (Å²) >= 11 is 0. The standard InChI is InChI=1S/C7H9NO2.Na.H/c8-7-2-1-6(10)3-5(7)4-9;;/h1-3,9-10H,4,8H2;;/q;+1;-1. The summed E-state index contributed by atoms with van der Waals surface area (Å²) < 4.78 is 0. The van der Waals surface area contributed by atoms with Crippen LogP contribution in [0.5, 0.6) is 5.75 Å². The number of aliphatic hydroxyl groups excluding tert-OH is 1. The van der Waals surface area contributed by atoms with Gasteiger partial charge in [0.1, 0.15) is 5.75 Å². The summed E-state index contributed by atoms with van der Waals surface area (Å²) in [6.07, 6.45) is 0. The molecule has 0 bridgehead atoms. The second-order valence-electron chi connectivity index (χ2n) is 2.04. The van der Waals surface area contributed by atoms with Gasteiger partial charge in [0.25, 0.3) is 0 Å². The summed E-state index contributed by atoms with van der Waals surface area (Å²) in [5, 5.41) is 17.6. The molecule has 1 rings (SSSR count). The van der Waals surface area contributed by atoms with E-state index in [9.17, 15) is 0 Å². The molecule has 1 aromatic rings. The molecule has 0 aromatic heterocycles. The minimum absolute atomic E-state index is 0. The maximum atomic E-state index is 8.90. The Hall–Kier alpha value is -0.220. The predicted molar refractivity (Wildman–Crippen MR) is 39.6 cm³/mol. The average Bonchev–Trinajstić information content (AvgIpc) is 1.94. The number of nitrogen functional groups attached to an aromatic ring is 1. The third kappa shape index (κ3) is 2.71. The van der Waals surface area contributed by atoms with Gasteiger partial charge in [-0.3, -0.25) is 0 Å². The first-order valence-electron chi connectivity index (χ1n) is 2.92. The fourth-order valence-electron chi connectivity index (χ4n) is 0.729. The molecule has 0 aliphatic carbocycles. The number of hydrogen-bond donors (Lipinski definition) is 3. The summed E-state index contributed by atoms with van der Waals surface area (Å²) in [7, 11) is 0. The van der Waals surface area contributed by atoms with E-state index in [1.165, 1.54) is 12.1 Å². The van der Waals surface area contributed by atoms with E-state index in [1.54, 1.807) is 6.07 Å². The normalized spacial score (nSPS) is 8.82. The SMILES string of the molecule is Nc1ccc(O)cc1CO.[H-].[Na+]. The molecule has 56 valence electrons. The summed E-state index contributed by atoms with van der Waals surface area (Å²) in [5.74, 6) is 0.123. The first-order valence-corrected chi connectivity index (χ1v) is 2.92.